The third-order valence-corrected chi connectivity index (χ3v) is 2.52. The summed E-state index contributed by atoms with van der Waals surface area (Å²) in [5, 5.41) is 16.4. The molecule has 17 heavy (non-hydrogen) atoms. The molecule has 0 aliphatic rings. The minimum Gasteiger partial charge on any atom is -0.382 e. The number of aromatic nitrogens is 2. The van der Waals surface area contributed by atoms with Crippen LogP contribution in [0.15, 0.2) is 0 Å². The number of anilines is 1. The van der Waals surface area contributed by atoms with Crippen LogP contribution in [0.4, 0.5) is 5.82 Å². The van der Waals surface area contributed by atoms with Gasteiger partial charge in [0.15, 0.2) is 0 Å². The lowest BCUT2D eigenvalue weighted by Crippen LogP contribution is -2.27. The number of nitrogens with zero attached hydrogens (tertiary/aromatic N) is 3. The first-order valence-electron chi connectivity index (χ1n) is 5.33. The third-order valence-electron chi connectivity index (χ3n) is 2.52. The average molecular weight is 238 g/mol. The first-order chi connectivity index (χ1) is 8.13. The largest absolute Gasteiger partial charge is 0.382 e. The van der Waals surface area contributed by atoms with Crippen molar-refractivity contribution in [2.45, 2.75) is 13.0 Å². The molecule has 1 heterocycles. The molecular weight excluding hydrogens is 220 g/mol. The van der Waals surface area contributed by atoms with Crippen molar-refractivity contribution in [3.63, 3.8) is 0 Å². The Morgan fingerprint density at radius 1 is 1.53 bits per heavy atom. The summed E-state index contributed by atoms with van der Waals surface area (Å²) in [6.07, 6.45) is -0.0539. The van der Waals surface area contributed by atoms with Crippen molar-refractivity contribution in [3.8, 4) is 6.07 Å². The van der Waals surface area contributed by atoms with E-state index in [4.69, 9.17) is 14.7 Å². The molecule has 1 atom stereocenters. The smallest absolute Gasteiger partial charge is 0.142 e. The Morgan fingerprint density at radius 2 is 2.24 bits per heavy atom. The topological polar surface area (TPSA) is 72.1 Å². The van der Waals surface area contributed by atoms with E-state index in [2.05, 4.69) is 16.5 Å². The molecule has 0 aromatic carbocycles. The van der Waals surface area contributed by atoms with Gasteiger partial charge in [-0.2, -0.15) is 10.4 Å². The lowest BCUT2D eigenvalue weighted by molar-refractivity contribution is 0.0365. The summed E-state index contributed by atoms with van der Waals surface area (Å²) >= 11 is 0. The maximum atomic E-state index is 9.04. The quantitative estimate of drug-likeness (QED) is 0.788. The van der Waals surface area contributed by atoms with Crippen LogP contribution in [0.3, 0.4) is 0 Å². The predicted octanol–water partition coefficient (Wildman–Crippen LogP) is 0.673. The Morgan fingerprint density at radius 3 is 2.76 bits per heavy atom. The fraction of sp³-hybridized carbons (Fsp3) is 0.636. The Bertz CT molecular complexity index is 408. The van der Waals surface area contributed by atoms with Gasteiger partial charge in [-0.15, -0.1) is 0 Å². The molecule has 0 amide bonds. The number of rotatable bonds is 6. The van der Waals surface area contributed by atoms with E-state index >= 15 is 0 Å². The van der Waals surface area contributed by atoms with Crippen molar-refractivity contribution in [3.05, 3.63) is 11.3 Å². The highest BCUT2D eigenvalue weighted by Crippen LogP contribution is 2.17. The van der Waals surface area contributed by atoms with Gasteiger partial charge in [-0.1, -0.05) is 0 Å². The van der Waals surface area contributed by atoms with E-state index in [1.54, 1.807) is 25.9 Å². The van der Waals surface area contributed by atoms with Gasteiger partial charge in [0.2, 0.25) is 0 Å². The Hall–Kier alpha value is -1.58. The van der Waals surface area contributed by atoms with Gasteiger partial charge in [-0.3, -0.25) is 4.68 Å². The van der Waals surface area contributed by atoms with Gasteiger partial charge < -0.3 is 14.8 Å². The lowest BCUT2D eigenvalue weighted by atomic mass is 10.2. The second-order valence-electron chi connectivity index (χ2n) is 3.74. The molecule has 1 rings (SSSR count). The van der Waals surface area contributed by atoms with E-state index in [-0.39, 0.29) is 6.10 Å². The van der Waals surface area contributed by atoms with Crippen LogP contribution < -0.4 is 5.32 Å². The fourth-order valence-corrected chi connectivity index (χ4v) is 1.60. The van der Waals surface area contributed by atoms with E-state index in [1.165, 1.54) is 0 Å². The van der Waals surface area contributed by atoms with E-state index < -0.39 is 0 Å². The molecule has 1 unspecified atom stereocenters. The molecular formula is C11H18N4O2. The fourth-order valence-electron chi connectivity index (χ4n) is 1.60. The van der Waals surface area contributed by atoms with Gasteiger partial charge >= 0.3 is 0 Å². The van der Waals surface area contributed by atoms with Gasteiger partial charge in [-0.05, 0) is 6.92 Å². The van der Waals surface area contributed by atoms with E-state index in [0.29, 0.717) is 24.5 Å². The van der Waals surface area contributed by atoms with Crippen LogP contribution in [-0.4, -0.2) is 43.3 Å². The van der Waals surface area contributed by atoms with Crippen LogP contribution in [0.2, 0.25) is 0 Å². The molecule has 0 radical (unpaired) electrons. The second kappa shape index (κ2) is 6.23. The maximum absolute atomic E-state index is 9.04. The van der Waals surface area contributed by atoms with Gasteiger partial charge in [0.25, 0.3) is 0 Å². The first-order valence-corrected chi connectivity index (χ1v) is 5.33. The maximum Gasteiger partial charge on any atom is 0.142 e. The first kappa shape index (κ1) is 13.5. The highest BCUT2D eigenvalue weighted by Gasteiger charge is 2.14. The van der Waals surface area contributed by atoms with E-state index in [1.807, 2.05) is 6.92 Å². The van der Waals surface area contributed by atoms with Crippen molar-refractivity contribution in [2.24, 2.45) is 7.05 Å². The zero-order valence-electron chi connectivity index (χ0n) is 10.6. The van der Waals surface area contributed by atoms with E-state index in [9.17, 15) is 0 Å². The molecule has 0 saturated heterocycles. The number of nitrogens with one attached hydrogen (secondary N) is 1. The molecule has 6 heteroatoms. The molecule has 0 spiro atoms. The summed E-state index contributed by atoms with van der Waals surface area (Å²) in [7, 11) is 5.06. The Labute approximate surface area is 101 Å². The molecule has 94 valence electrons. The standard InChI is InChI=1S/C11H18N4O2/c1-8-10(5-12)11(15(2)14-8)13-6-9(17-4)7-16-3/h9,13H,6-7H2,1-4H3. The van der Waals surface area contributed by atoms with E-state index in [0.717, 1.165) is 5.69 Å². The summed E-state index contributed by atoms with van der Waals surface area (Å²) in [4.78, 5) is 0. The van der Waals surface area contributed by atoms with Crippen LogP contribution in [0.5, 0.6) is 0 Å². The van der Waals surface area contributed by atoms with Crippen LogP contribution in [0, 0.1) is 18.3 Å². The van der Waals surface area contributed by atoms with Crippen LogP contribution in [0.1, 0.15) is 11.3 Å². The molecule has 1 aromatic heterocycles. The van der Waals surface area contributed by atoms with Crippen molar-refractivity contribution in [1.82, 2.24) is 9.78 Å². The zero-order chi connectivity index (χ0) is 12.8. The number of nitriles is 1. The summed E-state index contributed by atoms with van der Waals surface area (Å²) in [5.41, 5.74) is 1.29. The monoisotopic (exact) mass is 238 g/mol. The second-order valence-corrected chi connectivity index (χ2v) is 3.74. The number of hydrogen-bond acceptors (Lipinski definition) is 5. The summed E-state index contributed by atoms with van der Waals surface area (Å²) in [6.45, 7) is 2.88. The van der Waals surface area contributed by atoms with Crippen molar-refractivity contribution in [1.29, 1.82) is 5.26 Å². The summed E-state index contributed by atoms with van der Waals surface area (Å²) in [5.74, 6) is 0.711. The highest BCUT2D eigenvalue weighted by molar-refractivity contribution is 5.54. The molecule has 1 aromatic rings. The van der Waals surface area contributed by atoms with Gasteiger partial charge in [0.1, 0.15) is 17.5 Å². The minimum atomic E-state index is -0.0539. The van der Waals surface area contributed by atoms with Gasteiger partial charge in [0, 0.05) is 27.8 Å². The molecule has 0 saturated carbocycles. The summed E-state index contributed by atoms with van der Waals surface area (Å²) in [6, 6.07) is 2.14. The van der Waals surface area contributed by atoms with Crippen LogP contribution in [0.25, 0.3) is 0 Å². The van der Waals surface area contributed by atoms with Gasteiger partial charge in [-0.25, -0.2) is 0 Å². The van der Waals surface area contributed by atoms with Crippen LogP contribution in [-0.2, 0) is 16.5 Å². The normalized spacial score (nSPS) is 12.2. The van der Waals surface area contributed by atoms with Crippen molar-refractivity contribution >= 4 is 5.82 Å². The lowest BCUT2D eigenvalue weighted by Gasteiger charge is -2.15. The number of ether oxygens (including phenoxy) is 2. The molecule has 0 aliphatic carbocycles. The van der Waals surface area contributed by atoms with Gasteiger partial charge in [0.05, 0.1) is 18.4 Å². The van der Waals surface area contributed by atoms with Crippen molar-refractivity contribution < 1.29 is 9.47 Å². The predicted molar refractivity (Wildman–Crippen MR) is 63.8 cm³/mol. The third kappa shape index (κ3) is 3.19. The zero-order valence-corrected chi connectivity index (χ0v) is 10.6. The summed E-state index contributed by atoms with van der Waals surface area (Å²) < 4.78 is 11.9. The SMILES string of the molecule is COCC(CNc1c(C#N)c(C)nn1C)OC. The number of hydrogen-bond donors (Lipinski definition) is 1. The van der Waals surface area contributed by atoms with Crippen molar-refractivity contribution in [2.75, 3.05) is 32.7 Å². The number of methoxy groups -OCH3 is 2. The molecule has 6 nitrogen and oxygen atoms in total. The average Bonchev–Trinajstić information content (AvgIpc) is 2.58. The molecule has 0 fully saturated rings. The minimum absolute atomic E-state index is 0.0539. The Kier molecular flexibility index (Phi) is 4.94. The molecule has 1 N–H and O–H groups in total. The number of aryl methyl sites for hydroxylation is 2. The molecule has 0 bridgehead atoms. The highest BCUT2D eigenvalue weighted by atomic mass is 16.5. The van der Waals surface area contributed by atoms with Crippen LogP contribution >= 0.6 is 0 Å². The Balaban J connectivity index is 2.72. The molecule has 0 aliphatic heterocycles.